The summed E-state index contributed by atoms with van der Waals surface area (Å²) in [6, 6.07) is 14.4. The van der Waals surface area contributed by atoms with Gasteiger partial charge in [0.2, 0.25) is 5.91 Å². The van der Waals surface area contributed by atoms with Crippen molar-refractivity contribution < 1.29 is 9.59 Å². The summed E-state index contributed by atoms with van der Waals surface area (Å²) in [4.78, 5) is 24.0. The quantitative estimate of drug-likeness (QED) is 0.434. The van der Waals surface area contributed by atoms with Gasteiger partial charge in [-0.15, -0.1) is 0 Å². The maximum atomic E-state index is 12.2. The molecular weight excluding hydrogens is 360 g/mol. The number of benzene rings is 2. The molecule has 0 spiro atoms. The topological polar surface area (TPSA) is 96.2 Å². The van der Waals surface area contributed by atoms with E-state index >= 15 is 0 Å². The zero-order valence-corrected chi connectivity index (χ0v) is 16.1. The fraction of sp³-hybridized carbons (Fsp3) is 0.250. The standard InChI is InChI=1S/C20H24N4O2S/c1-14-5-4-6-15(13-14)19(26)24-20(27)23-17-10-8-16(9-11-17)22-18(25)7-2-3-12-21/h4-6,8-11,13H,2-3,7,12,21H2,1H3,(H,22,25)(H2,23,24,26,27). The Kier molecular flexibility index (Phi) is 7.91. The zero-order valence-electron chi connectivity index (χ0n) is 15.2. The normalized spacial score (nSPS) is 10.1. The highest BCUT2D eigenvalue weighted by molar-refractivity contribution is 7.80. The number of aryl methyl sites for hydroxylation is 1. The summed E-state index contributed by atoms with van der Waals surface area (Å²) in [7, 11) is 0. The molecular formula is C20H24N4O2S. The van der Waals surface area contributed by atoms with Gasteiger partial charge in [0.25, 0.3) is 5.91 Å². The molecule has 5 N–H and O–H groups in total. The van der Waals surface area contributed by atoms with Crippen LogP contribution in [-0.4, -0.2) is 23.5 Å². The molecule has 0 radical (unpaired) electrons. The summed E-state index contributed by atoms with van der Waals surface area (Å²) in [6.07, 6.45) is 2.06. The van der Waals surface area contributed by atoms with Gasteiger partial charge in [0, 0.05) is 23.4 Å². The van der Waals surface area contributed by atoms with Crippen LogP contribution < -0.4 is 21.7 Å². The molecule has 0 aliphatic rings. The van der Waals surface area contributed by atoms with Gasteiger partial charge in [-0.05, 0) is 74.9 Å². The Morgan fingerprint density at radius 1 is 1.00 bits per heavy atom. The SMILES string of the molecule is Cc1cccc(C(=O)NC(=S)Nc2ccc(NC(=O)CCCCN)cc2)c1. The third-order valence-electron chi connectivity index (χ3n) is 3.79. The Balaban J connectivity index is 1.84. The lowest BCUT2D eigenvalue weighted by Gasteiger charge is -2.11. The molecule has 0 atom stereocenters. The van der Waals surface area contributed by atoms with Crippen LogP contribution in [-0.2, 0) is 4.79 Å². The minimum absolute atomic E-state index is 0.0369. The zero-order chi connectivity index (χ0) is 19.6. The average molecular weight is 385 g/mol. The van der Waals surface area contributed by atoms with Crippen molar-refractivity contribution in [3.8, 4) is 0 Å². The molecule has 6 nitrogen and oxygen atoms in total. The minimum Gasteiger partial charge on any atom is -0.332 e. The van der Waals surface area contributed by atoms with Crippen molar-refractivity contribution in [1.82, 2.24) is 5.32 Å². The molecule has 0 bridgehead atoms. The first-order chi connectivity index (χ1) is 13.0. The van der Waals surface area contributed by atoms with E-state index in [4.69, 9.17) is 18.0 Å². The highest BCUT2D eigenvalue weighted by Crippen LogP contribution is 2.14. The Hall–Kier alpha value is -2.77. The smallest absolute Gasteiger partial charge is 0.257 e. The van der Waals surface area contributed by atoms with Crippen LogP contribution in [0.15, 0.2) is 48.5 Å². The van der Waals surface area contributed by atoms with Crippen molar-refractivity contribution >= 4 is 40.5 Å². The summed E-state index contributed by atoms with van der Waals surface area (Å²) in [5.74, 6) is -0.303. The number of unbranched alkanes of at least 4 members (excludes halogenated alkanes) is 1. The molecule has 2 rings (SSSR count). The van der Waals surface area contributed by atoms with Crippen LogP contribution >= 0.6 is 12.2 Å². The second-order valence-corrected chi connectivity index (χ2v) is 6.56. The van der Waals surface area contributed by atoms with Crippen LogP contribution in [0, 0.1) is 6.92 Å². The molecule has 0 aliphatic heterocycles. The van der Waals surface area contributed by atoms with Gasteiger partial charge in [-0.3, -0.25) is 14.9 Å². The van der Waals surface area contributed by atoms with Crippen molar-refractivity contribution in [3.63, 3.8) is 0 Å². The number of nitrogens with one attached hydrogen (secondary N) is 3. The van der Waals surface area contributed by atoms with Crippen LogP contribution in [0.25, 0.3) is 0 Å². The fourth-order valence-corrected chi connectivity index (χ4v) is 2.62. The third-order valence-corrected chi connectivity index (χ3v) is 4.00. The lowest BCUT2D eigenvalue weighted by Crippen LogP contribution is -2.34. The molecule has 142 valence electrons. The number of nitrogens with two attached hydrogens (primary N) is 1. The number of thiocarbonyl (C=S) groups is 1. The predicted molar refractivity (Wildman–Crippen MR) is 113 cm³/mol. The number of carbonyl (C=O) groups is 2. The van der Waals surface area contributed by atoms with Gasteiger partial charge in [0.1, 0.15) is 0 Å². The van der Waals surface area contributed by atoms with E-state index in [1.807, 2.05) is 19.1 Å². The molecule has 2 aromatic carbocycles. The Morgan fingerprint density at radius 3 is 2.30 bits per heavy atom. The van der Waals surface area contributed by atoms with Crippen molar-refractivity contribution in [3.05, 3.63) is 59.7 Å². The van der Waals surface area contributed by atoms with Gasteiger partial charge >= 0.3 is 0 Å². The summed E-state index contributed by atoms with van der Waals surface area (Å²) in [5, 5.41) is 8.64. The number of anilines is 2. The maximum absolute atomic E-state index is 12.2. The number of hydrogen-bond acceptors (Lipinski definition) is 4. The molecule has 0 saturated carbocycles. The Bertz CT molecular complexity index is 806. The Labute approximate surface area is 164 Å². The second-order valence-electron chi connectivity index (χ2n) is 6.15. The summed E-state index contributed by atoms with van der Waals surface area (Å²) in [5.41, 5.74) is 8.38. The molecule has 0 unspecified atom stereocenters. The van der Waals surface area contributed by atoms with E-state index in [1.165, 1.54) is 0 Å². The molecule has 0 saturated heterocycles. The predicted octanol–water partition coefficient (Wildman–Crippen LogP) is 3.19. The Morgan fingerprint density at radius 2 is 1.67 bits per heavy atom. The summed E-state index contributed by atoms with van der Waals surface area (Å²) in [6.45, 7) is 2.51. The lowest BCUT2D eigenvalue weighted by atomic mass is 10.1. The lowest BCUT2D eigenvalue weighted by molar-refractivity contribution is -0.116. The monoisotopic (exact) mass is 384 g/mol. The van der Waals surface area contributed by atoms with Crippen molar-refractivity contribution in [2.24, 2.45) is 5.73 Å². The van der Waals surface area contributed by atoms with E-state index in [1.54, 1.807) is 36.4 Å². The van der Waals surface area contributed by atoms with Crippen LogP contribution in [0.4, 0.5) is 11.4 Å². The third kappa shape index (κ3) is 7.16. The van der Waals surface area contributed by atoms with Gasteiger partial charge in [0.05, 0.1) is 0 Å². The molecule has 27 heavy (non-hydrogen) atoms. The number of hydrogen-bond donors (Lipinski definition) is 4. The average Bonchev–Trinajstić information content (AvgIpc) is 2.63. The van der Waals surface area contributed by atoms with E-state index in [9.17, 15) is 9.59 Å². The summed E-state index contributed by atoms with van der Waals surface area (Å²) >= 11 is 5.18. The molecule has 2 aromatic rings. The number of carbonyl (C=O) groups excluding carboxylic acids is 2. The van der Waals surface area contributed by atoms with Crippen molar-refractivity contribution in [2.75, 3.05) is 17.2 Å². The first kappa shape index (κ1) is 20.5. The van der Waals surface area contributed by atoms with Gasteiger partial charge in [-0.1, -0.05) is 17.7 Å². The van der Waals surface area contributed by atoms with Crippen molar-refractivity contribution in [2.45, 2.75) is 26.2 Å². The van der Waals surface area contributed by atoms with Gasteiger partial charge in [-0.2, -0.15) is 0 Å². The molecule has 7 heteroatoms. The second kappa shape index (κ2) is 10.4. The number of amides is 2. The van der Waals surface area contributed by atoms with Crippen LogP contribution in [0.3, 0.4) is 0 Å². The van der Waals surface area contributed by atoms with Gasteiger partial charge in [0.15, 0.2) is 5.11 Å². The highest BCUT2D eigenvalue weighted by Gasteiger charge is 2.08. The fourth-order valence-electron chi connectivity index (χ4n) is 2.41. The van der Waals surface area contributed by atoms with Crippen molar-refractivity contribution in [1.29, 1.82) is 0 Å². The first-order valence-corrected chi connectivity index (χ1v) is 9.18. The van der Waals surface area contributed by atoms with Crippen LogP contribution in [0.1, 0.15) is 35.2 Å². The largest absolute Gasteiger partial charge is 0.332 e. The van der Waals surface area contributed by atoms with E-state index in [0.29, 0.717) is 29.9 Å². The molecule has 2 amide bonds. The van der Waals surface area contributed by atoms with E-state index in [-0.39, 0.29) is 16.9 Å². The van der Waals surface area contributed by atoms with E-state index < -0.39 is 0 Å². The molecule has 0 aromatic heterocycles. The highest BCUT2D eigenvalue weighted by atomic mass is 32.1. The van der Waals surface area contributed by atoms with Crippen LogP contribution in [0.5, 0.6) is 0 Å². The van der Waals surface area contributed by atoms with Gasteiger partial charge < -0.3 is 16.4 Å². The van der Waals surface area contributed by atoms with E-state index in [2.05, 4.69) is 16.0 Å². The van der Waals surface area contributed by atoms with Gasteiger partial charge in [-0.25, -0.2) is 0 Å². The molecule has 0 aliphatic carbocycles. The van der Waals surface area contributed by atoms with Crippen LogP contribution in [0.2, 0.25) is 0 Å². The van der Waals surface area contributed by atoms with E-state index in [0.717, 1.165) is 18.4 Å². The maximum Gasteiger partial charge on any atom is 0.257 e. The number of rotatable bonds is 7. The molecule has 0 fully saturated rings. The first-order valence-electron chi connectivity index (χ1n) is 8.77. The summed E-state index contributed by atoms with van der Waals surface area (Å²) < 4.78 is 0. The minimum atomic E-state index is -0.266. The molecule has 0 heterocycles.